The molecule has 0 saturated carbocycles. The minimum atomic E-state index is 0.0110. The zero-order valence-corrected chi connectivity index (χ0v) is 15.4. The third-order valence-electron chi connectivity index (χ3n) is 4.84. The molecule has 1 aliphatic rings. The molecule has 1 aliphatic heterocycles. The van der Waals surface area contributed by atoms with E-state index in [1.54, 1.807) is 14.2 Å². The normalized spacial score (nSPS) is 16.4. The van der Waals surface area contributed by atoms with Crippen molar-refractivity contribution in [3.05, 3.63) is 59.7 Å². The van der Waals surface area contributed by atoms with Crippen molar-refractivity contribution < 1.29 is 14.3 Å². The van der Waals surface area contributed by atoms with Crippen LogP contribution in [0.5, 0.6) is 11.5 Å². The van der Waals surface area contributed by atoms with Crippen LogP contribution in [-0.2, 0) is 6.42 Å². The van der Waals surface area contributed by atoms with Crippen molar-refractivity contribution >= 4 is 6.03 Å². The molecule has 2 aromatic carbocycles. The molecule has 138 valence electrons. The van der Waals surface area contributed by atoms with Gasteiger partial charge in [-0.05, 0) is 42.5 Å². The summed E-state index contributed by atoms with van der Waals surface area (Å²) in [6.07, 6.45) is 2.81. The number of nitrogens with zero attached hydrogens (tertiary/aromatic N) is 1. The van der Waals surface area contributed by atoms with Crippen LogP contribution in [-0.4, -0.2) is 38.2 Å². The second-order valence-electron chi connectivity index (χ2n) is 6.43. The highest BCUT2D eigenvalue weighted by molar-refractivity contribution is 5.75. The number of hydrogen-bond acceptors (Lipinski definition) is 3. The summed E-state index contributed by atoms with van der Waals surface area (Å²) < 4.78 is 10.6. The fraction of sp³-hybridized carbons (Fsp3) is 0.381. The Morgan fingerprint density at radius 3 is 2.62 bits per heavy atom. The van der Waals surface area contributed by atoms with Crippen LogP contribution in [0, 0.1) is 0 Å². The van der Waals surface area contributed by atoms with Gasteiger partial charge in [0.2, 0.25) is 0 Å². The molecule has 0 aromatic heterocycles. The Kier molecular flexibility index (Phi) is 6.00. The number of rotatable bonds is 6. The monoisotopic (exact) mass is 354 g/mol. The van der Waals surface area contributed by atoms with Crippen LogP contribution in [0.15, 0.2) is 48.5 Å². The van der Waals surface area contributed by atoms with Gasteiger partial charge in [-0.3, -0.25) is 0 Å². The molecule has 5 heteroatoms. The van der Waals surface area contributed by atoms with E-state index in [1.165, 1.54) is 5.56 Å². The number of hydrogen-bond donors (Lipinski definition) is 1. The number of carbonyl (C=O) groups excluding carboxylic acids is 1. The first-order valence-corrected chi connectivity index (χ1v) is 9.03. The van der Waals surface area contributed by atoms with Crippen molar-refractivity contribution in [1.82, 2.24) is 10.2 Å². The molecule has 1 fully saturated rings. The Hall–Kier alpha value is -2.69. The van der Waals surface area contributed by atoms with Crippen LogP contribution in [0.25, 0.3) is 0 Å². The molecule has 1 atom stereocenters. The Bertz CT molecular complexity index is 733. The van der Waals surface area contributed by atoms with Crippen molar-refractivity contribution in [3.8, 4) is 11.5 Å². The zero-order chi connectivity index (χ0) is 18.4. The Labute approximate surface area is 154 Å². The maximum absolute atomic E-state index is 12.6. The first-order valence-electron chi connectivity index (χ1n) is 9.03. The third kappa shape index (κ3) is 4.10. The van der Waals surface area contributed by atoms with Crippen LogP contribution in [0.1, 0.15) is 30.0 Å². The molecule has 0 aliphatic carbocycles. The molecule has 0 radical (unpaired) electrons. The van der Waals surface area contributed by atoms with E-state index >= 15 is 0 Å². The zero-order valence-electron chi connectivity index (χ0n) is 15.4. The Morgan fingerprint density at radius 2 is 1.88 bits per heavy atom. The Morgan fingerprint density at radius 1 is 1.12 bits per heavy atom. The van der Waals surface area contributed by atoms with Gasteiger partial charge in [0.15, 0.2) is 11.5 Å². The summed E-state index contributed by atoms with van der Waals surface area (Å²) in [6, 6.07) is 16.3. The fourth-order valence-electron chi connectivity index (χ4n) is 3.48. The predicted molar refractivity (Wildman–Crippen MR) is 102 cm³/mol. The molecule has 3 rings (SSSR count). The van der Waals surface area contributed by atoms with E-state index in [0.29, 0.717) is 18.0 Å². The highest BCUT2D eigenvalue weighted by Gasteiger charge is 2.29. The van der Waals surface area contributed by atoms with Gasteiger partial charge in [0.25, 0.3) is 0 Å². The third-order valence-corrected chi connectivity index (χ3v) is 4.84. The minimum Gasteiger partial charge on any atom is -0.493 e. The molecule has 1 saturated heterocycles. The largest absolute Gasteiger partial charge is 0.493 e. The van der Waals surface area contributed by atoms with Gasteiger partial charge in [0.05, 0.1) is 20.3 Å². The topological polar surface area (TPSA) is 50.8 Å². The number of amides is 2. The van der Waals surface area contributed by atoms with Crippen molar-refractivity contribution in [2.24, 2.45) is 0 Å². The van der Waals surface area contributed by atoms with E-state index in [9.17, 15) is 4.79 Å². The molecule has 5 nitrogen and oxygen atoms in total. The van der Waals surface area contributed by atoms with Crippen molar-refractivity contribution in [2.75, 3.05) is 27.3 Å². The van der Waals surface area contributed by atoms with Gasteiger partial charge in [-0.1, -0.05) is 36.4 Å². The highest BCUT2D eigenvalue weighted by Crippen LogP contribution is 2.31. The van der Waals surface area contributed by atoms with E-state index in [0.717, 1.165) is 31.4 Å². The summed E-state index contributed by atoms with van der Waals surface area (Å²) in [5, 5.41) is 3.05. The van der Waals surface area contributed by atoms with Gasteiger partial charge in [-0.25, -0.2) is 4.79 Å². The molecule has 0 bridgehead atoms. The molecule has 0 spiro atoms. The molecule has 1 N–H and O–H groups in total. The number of carbonyl (C=O) groups is 1. The summed E-state index contributed by atoms with van der Waals surface area (Å²) in [7, 11) is 3.25. The molecule has 26 heavy (non-hydrogen) atoms. The quantitative estimate of drug-likeness (QED) is 0.859. The standard InChI is InChI=1S/C21H26N2O3/c1-25-19-11-10-16(15-20(19)26-2)12-13-22-21(24)23-14-6-9-18(23)17-7-4-3-5-8-17/h3-5,7-8,10-11,15,18H,6,9,12-14H2,1-2H3,(H,22,24). The van der Waals surface area contributed by atoms with Gasteiger partial charge in [0.1, 0.15) is 0 Å². The molecule has 2 amide bonds. The molecule has 1 unspecified atom stereocenters. The number of ether oxygens (including phenoxy) is 2. The lowest BCUT2D eigenvalue weighted by Crippen LogP contribution is -2.40. The van der Waals surface area contributed by atoms with Crippen molar-refractivity contribution in [1.29, 1.82) is 0 Å². The summed E-state index contributed by atoms with van der Waals surface area (Å²) in [5.41, 5.74) is 2.31. The van der Waals surface area contributed by atoms with Crippen LogP contribution < -0.4 is 14.8 Å². The average Bonchev–Trinajstić information content (AvgIpc) is 3.18. The maximum atomic E-state index is 12.6. The first-order chi connectivity index (χ1) is 12.7. The van der Waals surface area contributed by atoms with E-state index < -0.39 is 0 Å². The van der Waals surface area contributed by atoms with E-state index in [1.807, 2.05) is 41.3 Å². The second-order valence-corrected chi connectivity index (χ2v) is 6.43. The number of nitrogens with one attached hydrogen (secondary N) is 1. The number of methoxy groups -OCH3 is 2. The highest BCUT2D eigenvalue weighted by atomic mass is 16.5. The molecule has 1 heterocycles. The van der Waals surface area contributed by atoms with E-state index in [-0.39, 0.29) is 12.1 Å². The fourth-order valence-corrected chi connectivity index (χ4v) is 3.48. The summed E-state index contributed by atoms with van der Waals surface area (Å²) in [4.78, 5) is 14.6. The Balaban J connectivity index is 1.55. The lowest BCUT2D eigenvalue weighted by Gasteiger charge is -2.25. The van der Waals surface area contributed by atoms with Gasteiger partial charge in [0, 0.05) is 13.1 Å². The maximum Gasteiger partial charge on any atom is 0.317 e. The predicted octanol–water partition coefficient (Wildman–Crippen LogP) is 3.79. The van der Waals surface area contributed by atoms with Crippen molar-refractivity contribution in [2.45, 2.75) is 25.3 Å². The lowest BCUT2D eigenvalue weighted by atomic mass is 10.1. The molecule has 2 aromatic rings. The minimum absolute atomic E-state index is 0.0110. The van der Waals surface area contributed by atoms with Crippen molar-refractivity contribution in [3.63, 3.8) is 0 Å². The van der Waals surface area contributed by atoms with E-state index in [2.05, 4.69) is 17.4 Å². The average molecular weight is 354 g/mol. The first kappa shape index (κ1) is 18.1. The van der Waals surface area contributed by atoms with Crippen LogP contribution in [0.3, 0.4) is 0 Å². The summed E-state index contributed by atoms with van der Waals surface area (Å²) in [5.74, 6) is 1.42. The number of likely N-dealkylation sites (tertiary alicyclic amines) is 1. The smallest absolute Gasteiger partial charge is 0.317 e. The number of benzene rings is 2. The van der Waals surface area contributed by atoms with E-state index in [4.69, 9.17) is 9.47 Å². The SMILES string of the molecule is COc1ccc(CCNC(=O)N2CCCC2c2ccccc2)cc1OC. The lowest BCUT2D eigenvalue weighted by molar-refractivity contribution is 0.193. The summed E-state index contributed by atoms with van der Waals surface area (Å²) >= 11 is 0. The van der Waals surface area contributed by atoms with Crippen LogP contribution in [0.4, 0.5) is 4.79 Å². The van der Waals surface area contributed by atoms with Gasteiger partial charge >= 0.3 is 6.03 Å². The van der Waals surface area contributed by atoms with Gasteiger partial charge < -0.3 is 19.7 Å². The molecular formula is C21H26N2O3. The van der Waals surface area contributed by atoms with Gasteiger partial charge in [-0.2, -0.15) is 0 Å². The second kappa shape index (κ2) is 8.61. The van der Waals surface area contributed by atoms with Crippen LogP contribution >= 0.6 is 0 Å². The summed E-state index contributed by atoms with van der Waals surface area (Å²) in [6.45, 7) is 1.40. The number of urea groups is 1. The molecular weight excluding hydrogens is 328 g/mol. The van der Waals surface area contributed by atoms with Crippen LogP contribution in [0.2, 0.25) is 0 Å². The van der Waals surface area contributed by atoms with Gasteiger partial charge in [-0.15, -0.1) is 0 Å².